The first-order valence-corrected chi connectivity index (χ1v) is 7.35. The Kier molecular flexibility index (Phi) is 4.46. The minimum atomic E-state index is 0.568. The second kappa shape index (κ2) is 5.89. The van der Waals surface area contributed by atoms with Crippen molar-refractivity contribution in [3.8, 4) is 0 Å². The van der Waals surface area contributed by atoms with E-state index in [9.17, 15) is 0 Å². The van der Waals surface area contributed by atoms with E-state index < -0.39 is 0 Å². The predicted molar refractivity (Wildman–Crippen MR) is 81.9 cm³/mol. The summed E-state index contributed by atoms with van der Waals surface area (Å²) >= 11 is 3.59. The fourth-order valence-electron chi connectivity index (χ4n) is 2.03. The average Bonchev–Trinajstić information content (AvgIpc) is 2.74. The Hall–Kier alpha value is -0.800. The van der Waals surface area contributed by atoms with Crippen molar-refractivity contribution in [2.75, 3.05) is 6.54 Å². The maximum absolute atomic E-state index is 3.59. The van der Waals surface area contributed by atoms with E-state index >= 15 is 0 Å². The molecule has 0 saturated heterocycles. The van der Waals surface area contributed by atoms with Gasteiger partial charge in [0, 0.05) is 40.7 Å². The molecule has 0 bridgehead atoms. The lowest BCUT2D eigenvalue weighted by molar-refractivity contribution is 0.418. The molecule has 1 N–H and O–H groups in total. The molecule has 2 nitrogen and oxygen atoms in total. The number of hydrogen-bond acceptors (Lipinski definition) is 1. The molecule has 1 unspecified atom stereocenters. The van der Waals surface area contributed by atoms with Crippen LogP contribution in [0.2, 0.25) is 0 Å². The van der Waals surface area contributed by atoms with Crippen LogP contribution in [0.4, 0.5) is 0 Å². The highest BCUT2D eigenvalue weighted by atomic mass is 79.9. The third-order valence-corrected chi connectivity index (χ3v) is 4.27. The lowest BCUT2D eigenvalue weighted by Crippen LogP contribution is -2.33. The van der Waals surface area contributed by atoms with Crippen molar-refractivity contribution in [3.05, 3.63) is 34.9 Å². The highest BCUT2D eigenvalue weighted by molar-refractivity contribution is 9.10. The summed E-state index contributed by atoms with van der Waals surface area (Å²) in [6.45, 7) is 8.77. The van der Waals surface area contributed by atoms with Crippen LogP contribution < -0.4 is 5.32 Å². The normalized spacial score (nSPS) is 13.4. The summed E-state index contributed by atoms with van der Waals surface area (Å²) in [6, 6.07) is 9.09. The molecular weight excluding hydrogens is 288 g/mol. The molecule has 18 heavy (non-hydrogen) atoms. The van der Waals surface area contributed by atoms with Crippen molar-refractivity contribution in [3.63, 3.8) is 0 Å². The molecule has 0 radical (unpaired) electrons. The fraction of sp³-hybridized carbons (Fsp3) is 0.467. The molecule has 0 aliphatic heterocycles. The van der Waals surface area contributed by atoms with Gasteiger partial charge in [-0.05, 0) is 31.0 Å². The van der Waals surface area contributed by atoms with Gasteiger partial charge in [0.25, 0.3) is 0 Å². The summed E-state index contributed by atoms with van der Waals surface area (Å²) in [6.07, 6.45) is 2.16. The molecule has 98 valence electrons. The smallest absolute Gasteiger partial charge is 0.0492 e. The first kappa shape index (κ1) is 13.6. The summed E-state index contributed by atoms with van der Waals surface area (Å²) in [5.74, 6) is 0.681. The Morgan fingerprint density at radius 2 is 2.00 bits per heavy atom. The van der Waals surface area contributed by atoms with Crippen LogP contribution in [0.25, 0.3) is 10.9 Å². The van der Waals surface area contributed by atoms with Gasteiger partial charge in [0.15, 0.2) is 0 Å². The zero-order valence-electron chi connectivity index (χ0n) is 11.3. The molecule has 0 aliphatic rings. The van der Waals surface area contributed by atoms with Crippen LogP contribution in [-0.2, 0) is 6.54 Å². The molecule has 2 aromatic rings. The zero-order valence-corrected chi connectivity index (χ0v) is 12.9. The fourth-order valence-corrected chi connectivity index (χ4v) is 2.52. The first-order chi connectivity index (χ1) is 8.59. The summed E-state index contributed by atoms with van der Waals surface area (Å²) in [5.41, 5.74) is 1.29. The summed E-state index contributed by atoms with van der Waals surface area (Å²) < 4.78 is 3.47. The Morgan fingerprint density at radius 1 is 1.22 bits per heavy atom. The average molecular weight is 309 g/mol. The minimum Gasteiger partial charge on any atom is -0.346 e. The maximum Gasteiger partial charge on any atom is 0.0492 e. The van der Waals surface area contributed by atoms with Gasteiger partial charge in [-0.25, -0.2) is 0 Å². The Labute approximate surface area is 118 Å². The molecule has 1 aromatic heterocycles. The third-order valence-electron chi connectivity index (χ3n) is 3.58. The van der Waals surface area contributed by atoms with E-state index in [2.05, 4.69) is 77.0 Å². The molecule has 1 aromatic carbocycles. The number of rotatable bonds is 5. The number of hydrogen-bond donors (Lipinski definition) is 1. The number of halogens is 1. The molecule has 1 atom stereocenters. The van der Waals surface area contributed by atoms with E-state index in [0.29, 0.717) is 12.0 Å². The van der Waals surface area contributed by atoms with E-state index in [0.717, 1.165) is 13.1 Å². The van der Waals surface area contributed by atoms with E-state index in [1.807, 2.05) is 0 Å². The predicted octanol–water partition coefficient (Wildman–Crippen LogP) is 4.04. The van der Waals surface area contributed by atoms with Crippen LogP contribution in [0, 0.1) is 5.92 Å². The highest BCUT2D eigenvalue weighted by Crippen LogP contribution is 2.24. The van der Waals surface area contributed by atoms with Crippen LogP contribution in [0.15, 0.2) is 34.9 Å². The molecule has 0 fully saturated rings. The third kappa shape index (κ3) is 2.96. The van der Waals surface area contributed by atoms with Crippen LogP contribution in [0.5, 0.6) is 0 Å². The van der Waals surface area contributed by atoms with Crippen LogP contribution >= 0.6 is 15.9 Å². The van der Waals surface area contributed by atoms with E-state index in [4.69, 9.17) is 0 Å². The van der Waals surface area contributed by atoms with Gasteiger partial charge in [-0.3, -0.25) is 0 Å². The Bertz CT molecular complexity index is 516. The Morgan fingerprint density at radius 3 is 2.72 bits per heavy atom. The molecule has 0 spiro atoms. The van der Waals surface area contributed by atoms with Gasteiger partial charge in [0.2, 0.25) is 0 Å². The van der Waals surface area contributed by atoms with Crippen LogP contribution in [-0.4, -0.2) is 17.2 Å². The lowest BCUT2D eigenvalue weighted by atomic mass is 10.1. The molecule has 0 aliphatic carbocycles. The number of nitrogens with one attached hydrogen (secondary N) is 1. The number of benzene rings is 1. The summed E-state index contributed by atoms with van der Waals surface area (Å²) in [4.78, 5) is 0. The second-order valence-electron chi connectivity index (χ2n) is 5.17. The van der Waals surface area contributed by atoms with Crippen molar-refractivity contribution in [2.24, 2.45) is 5.92 Å². The van der Waals surface area contributed by atoms with Gasteiger partial charge in [-0.1, -0.05) is 35.8 Å². The number of fused-ring (bicyclic) bond motifs is 1. The molecule has 2 rings (SSSR count). The highest BCUT2D eigenvalue weighted by Gasteiger charge is 2.06. The van der Waals surface area contributed by atoms with Crippen LogP contribution in [0.3, 0.4) is 0 Å². The molecule has 3 heteroatoms. The number of aromatic nitrogens is 1. The molecular formula is C15H21BrN2. The van der Waals surface area contributed by atoms with Crippen molar-refractivity contribution in [2.45, 2.75) is 33.4 Å². The largest absolute Gasteiger partial charge is 0.346 e. The molecule has 0 saturated carbocycles. The van der Waals surface area contributed by atoms with Crippen molar-refractivity contribution in [1.29, 1.82) is 0 Å². The number of nitrogens with zero attached hydrogens (tertiary/aromatic N) is 1. The zero-order chi connectivity index (χ0) is 13.1. The van der Waals surface area contributed by atoms with Crippen molar-refractivity contribution >= 4 is 26.8 Å². The lowest BCUT2D eigenvalue weighted by Gasteiger charge is -2.17. The van der Waals surface area contributed by atoms with Gasteiger partial charge in [-0.2, -0.15) is 0 Å². The maximum atomic E-state index is 3.59. The molecule has 0 amide bonds. The van der Waals surface area contributed by atoms with Gasteiger partial charge >= 0.3 is 0 Å². The second-order valence-corrected chi connectivity index (χ2v) is 6.02. The van der Waals surface area contributed by atoms with E-state index in [1.165, 1.54) is 15.4 Å². The van der Waals surface area contributed by atoms with Gasteiger partial charge < -0.3 is 9.88 Å². The van der Waals surface area contributed by atoms with E-state index in [1.54, 1.807) is 0 Å². The standard InChI is InChI=1S/C15H21BrN2/c1-11(2)12(3)17-8-10-18-9-7-13-14(16)5-4-6-15(13)18/h4-7,9,11-12,17H,8,10H2,1-3H3. The van der Waals surface area contributed by atoms with Crippen molar-refractivity contribution in [1.82, 2.24) is 9.88 Å². The quantitative estimate of drug-likeness (QED) is 0.882. The van der Waals surface area contributed by atoms with Gasteiger partial charge in [0.05, 0.1) is 0 Å². The Balaban J connectivity index is 2.02. The van der Waals surface area contributed by atoms with Gasteiger partial charge in [-0.15, -0.1) is 0 Å². The monoisotopic (exact) mass is 308 g/mol. The minimum absolute atomic E-state index is 0.568. The summed E-state index contributed by atoms with van der Waals surface area (Å²) in [7, 11) is 0. The van der Waals surface area contributed by atoms with Crippen LogP contribution in [0.1, 0.15) is 20.8 Å². The van der Waals surface area contributed by atoms with Gasteiger partial charge in [0.1, 0.15) is 0 Å². The summed E-state index contributed by atoms with van der Waals surface area (Å²) in [5, 5.41) is 4.85. The topological polar surface area (TPSA) is 17.0 Å². The first-order valence-electron chi connectivity index (χ1n) is 6.56. The molecule has 1 heterocycles. The van der Waals surface area contributed by atoms with Crippen molar-refractivity contribution < 1.29 is 0 Å². The van der Waals surface area contributed by atoms with E-state index in [-0.39, 0.29) is 0 Å². The SMILES string of the molecule is CC(C)C(C)NCCn1ccc2c(Br)cccc21.